The Morgan fingerprint density at radius 2 is 2.22 bits per heavy atom. The highest BCUT2D eigenvalue weighted by atomic mass is 32.2. The number of carboxylic acids is 1. The van der Waals surface area contributed by atoms with Gasteiger partial charge in [0.25, 0.3) is 11.8 Å². The number of β-lactam (4-membered cyclic amide) rings is 1. The molecular formula is C17H18N6O7S2. The van der Waals surface area contributed by atoms with Gasteiger partial charge in [0.2, 0.25) is 0 Å². The summed E-state index contributed by atoms with van der Waals surface area (Å²) in [6, 6.07) is -1.02. The number of carbonyl (C=O) groups is 4. The second-order valence-corrected chi connectivity index (χ2v) is 8.31. The molecule has 1 saturated heterocycles. The summed E-state index contributed by atoms with van der Waals surface area (Å²) in [4.78, 5) is 53.0. The van der Waals surface area contributed by atoms with Gasteiger partial charge in [-0.1, -0.05) is 11.2 Å². The van der Waals surface area contributed by atoms with Gasteiger partial charge in [-0.3, -0.25) is 14.5 Å². The van der Waals surface area contributed by atoms with Crippen LogP contribution in [0.15, 0.2) is 34.0 Å². The van der Waals surface area contributed by atoms with Crippen molar-refractivity contribution in [2.75, 3.05) is 25.1 Å². The number of anilines is 1. The Morgan fingerprint density at radius 1 is 1.47 bits per heavy atom. The summed E-state index contributed by atoms with van der Waals surface area (Å²) < 4.78 is 4.81. The maximum Gasteiger partial charge on any atom is 0.407 e. The zero-order valence-electron chi connectivity index (χ0n) is 16.5. The SMILES string of the molecule is CNC(=O)OC/C=C\C1=C(C(=O)O)N2C(=O)[C@@H](NC(=O)/C(=N/O)c3csc(N)n3)[C@H]2SC1. The summed E-state index contributed by atoms with van der Waals surface area (Å²) in [5.74, 6) is -2.55. The summed E-state index contributed by atoms with van der Waals surface area (Å²) >= 11 is 2.29. The number of aromatic nitrogens is 1. The second-order valence-electron chi connectivity index (χ2n) is 6.31. The summed E-state index contributed by atoms with van der Waals surface area (Å²) in [5, 5.41) is 27.4. The molecule has 0 aromatic carbocycles. The Hall–Kier alpha value is -3.59. The third kappa shape index (κ3) is 4.52. The van der Waals surface area contributed by atoms with Crippen LogP contribution in [0.5, 0.6) is 0 Å². The number of hydrogen-bond donors (Lipinski definition) is 5. The number of thiazole rings is 1. The lowest BCUT2D eigenvalue weighted by Crippen LogP contribution is -2.71. The fraction of sp³-hybridized carbons (Fsp3) is 0.294. The van der Waals surface area contributed by atoms with E-state index in [0.717, 1.165) is 16.2 Å². The number of carboxylic acid groups (broad SMARTS) is 1. The van der Waals surface area contributed by atoms with E-state index in [9.17, 15) is 29.5 Å². The molecule has 3 amide bonds. The summed E-state index contributed by atoms with van der Waals surface area (Å²) in [7, 11) is 1.40. The number of allylic oxidation sites excluding steroid dienone is 1. The van der Waals surface area contributed by atoms with Crippen LogP contribution in [-0.2, 0) is 19.1 Å². The summed E-state index contributed by atoms with van der Waals surface area (Å²) in [6.45, 7) is -0.0821. The lowest BCUT2D eigenvalue weighted by Gasteiger charge is -2.49. The molecule has 6 N–H and O–H groups in total. The number of hydrogen-bond acceptors (Lipinski definition) is 11. The molecule has 0 bridgehead atoms. The largest absolute Gasteiger partial charge is 0.477 e. The molecule has 1 aromatic rings. The number of fused-ring (bicyclic) bond motifs is 1. The molecule has 32 heavy (non-hydrogen) atoms. The zero-order valence-corrected chi connectivity index (χ0v) is 18.1. The van der Waals surface area contributed by atoms with Gasteiger partial charge in [-0.05, 0) is 11.6 Å². The Morgan fingerprint density at radius 3 is 2.81 bits per heavy atom. The molecule has 0 saturated carbocycles. The number of nitrogens with two attached hydrogens (primary N) is 1. The molecule has 1 fully saturated rings. The fourth-order valence-corrected chi connectivity index (χ4v) is 4.84. The highest BCUT2D eigenvalue weighted by Crippen LogP contribution is 2.40. The van der Waals surface area contributed by atoms with Gasteiger partial charge >= 0.3 is 12.1 Å². The first-order chi connectivity index (χ1) is 15.3. The third-order valence-corrected chi connectivity index (χ3v) is 6.38. The maximum atomic E-state index is 12.7. The minimum Gasteiger partial charge on any atom is -0.477 e. The molecule has 2 atom stereocenters. The van der Waals surface area contributed by atoms with Crippen LogP contribution in [0.1, 0.15) is 5.69 Å². The maximum absolute atomic E-state index is 12.7. The monoisotopic (exact) mass is 482 g/mol. The average molecular weight is 483 g/mol. The van der Waals surface area contributed by atoms with Gasteiger partial charge in [-0.15, -0.1) is 23.1 Å². The molecule has 2 aliphatic rings. The van der Waals surface area contributed by atoms with Gasteiger partial charge in [0.05, 0.1) is 0 Å². The zero-order chi connectivity index (χ0) is 23.4. The van der Waals surface area contributed by atoms with Gasteiger partial charge in [-0.25, -0.2) is 14.6 Å². The minimum absolute atomic E-state index is 0.0462. The van der Waals surface area contributed by atoms with Crippen LogP contribution < -0.4 is 16.4 Å². The summed E-state index contributed by atoms with van der Waals surface area (Å²) in [6.07, 6.45) is 2.29. The molecule has 3 heterocycles. The van der Waals surface area contributed by atoms with E-state index in [1.807, 2.05) is 0 Å². The van der Waals surface area contributed by atoms with Crippen molar-refractivity contribution >= 4 is 57.8 Å². The molecule has 0 spiro atoms. The van der Waals surface area contributed by atoms with E-state index < -0.39 is 41.0 Å². The molecule has 170 valence electrons. The number of nitrogen functional groups attached to an aromatic ring is 1. The van der Waals surface area contributed by atoms with Gasteiger partial charge in [0.15, 0.2) is 10.8 Å². The first-order valence-corrected chi connectivity index (χ1v) is 10.9. The number of carbonyl (C=O) groups excluding carboxylic acids is 3. The van der Waals surface area contributed by atoms with E-state index in [1.165, 1.54) is 36.3 Å². The van der Waals surface area contributed by atoms with Gasteiger partial charge in [-0.2, -0.15) is 0 Å². The van der Waals surface area contributed by atoms with E-state index in [1.54, 1.807) is 0 Å². The van der Waals surface area contributed by atoms with Crippen molar-refractivity contribution in [2.45, 2.75) is 11.4 Å². The van der Waals surface area contributed by atoms with Crippen LogP contribution in [0.2, 0.25) is 0 Å². The van der Waals surface area contributed by atoms with Crippen molar-refractivity contribution in [1.29, 1.82) is 0 Å². The molecule has 3 rings (SSSR count). The van der Waals surface area contributed by atoms with Crippen molar-refractivity contribution in [3.63, 3.8) is 0 Å². The van der Waals surface area contributed by atoms with Crippen LogP contribution in [0, 0.1) is 0 Å². The molecule has 0 aliphatic carbocycles. The van der Waals surface area contributed by atoms with Crippen molar-refractivity contribution in [2.24, 2.45) is 5.16 Å². The molecule has 1 aromatic heterocycles. The highest BCUT2D eigenvalue weighted by molar-refractivity contribution is 8.00. The number of alkyl carbamates (subject to hydrolysis) is 1. The summed E-state index contributed by atoms with van der Waals surface area (Å²) in [5.41, 5.74) is 5.29. The Bertz CT molecular complexity index is 1050. The topological polar surface area (TPSA) is 197 Å². The van der Waals surface area contributed by atoms with Gasteiger partial charge in [0.1, 0.15) is 29.4 Å². The molecule has 2 aliphatic heterocycles. The van der Waals surface area contributed by atoms with Crippen LogP contribution in [-0.4, -0.2) is 80.6 Å². The number of nitrogens with zero attached hydrogens (tertiary/aromatic N) is 3. The van der Waals surface area contributed by atoms with E-state index in [4.69, 9.17) is 10.5 Å². The van der Waals surface area contributed by atoms with E-state index in [0.29, 0.717) is 5.57 Å². The number of oxime groups is 1. The molecule has 15 heteroatoms. The van der Waals surface area contributed by atoms with Crippen LogP contribution in [0.3, 0.4) is 0 Å². The van der Waals surface area contributed by atoms with Gasteiger partial charge < -0.3 is 31.4 Å². The molecular weight excluding hydrogens is 464 g/mol. The predicted octanol–water partition coefficient (Wildman–Crippen LogP) is -0.446. The number of amides is 3. The quantitative estimate of drug-likeness (QED) is 0.147. The van der Waals surface area contributed by atoms with Crippen molar-refractivity contribution < 1.29 is 34.2 Å². The lowest BCUT2D eigenvalue weighted by atomic mass is 10.0. The second kappa shape index (κ2) is 9.69. The van der Waals surface area contributed by atoms with E-state index in [2.05, 4.69) is 20.8 Å². The highest BCUT2D eigenvalue weighted by Gasteiger charge is 2.54. The van der Waals surface area contributed by atoms with Crippen molar-refractivity contribution in [1.82, 2.24) is 20.5 Å². The van der Waals surface area contributed by atoms with Crippen molar-refractivity contribution in [3.05, 3.63) is 34.5 Å². The van der Waals surface area contributed by atoms with Crippen LogP contribution in [0.25, 0.3) is 0 Å². The predicted molar refractivity (Wildman–Crippen MR) is 114 cm³/mol. The van der Waals surface area contributed by atoms with E-state index in [-0.39, 0.29) is 28.9 Å². The molecule has 0 radical (unpaired) electrons. The molecule has 13 nitrogen and oxygen atoms in total. The Labute approximate surface area is 189 Å². The number of thioether (sulfide) groups is 1. The normalized spacial score (nSPS) is 20.6. The van der Waals surface area contributed by atoms with E-state index >= 15 is 0 Å². The Kier molecular flexibility index (Phi) is 6.99. The number of aliphatic carboxylic acids is 1. The standard InChI is InChI=1S/C17H18N6O7S2/c1-19-17(28)30-4-2-3-7-5-31-14-10(13(25)23(14)11(7)15(26)27)21-12(24)9(22-29)8-6-32-16(18)20-8/h2-3,6,10,14,29H,4-5H2,1H3,(H2,18,20)(H,19,28)(H,21,24)(H,26,27)/b3-2-,22-9+/t10-,14-/m1/s1. The number of rotatable bonds is 7. The van der Waals surface area contributed by atoms with Gasteiger partial charge in [0, 0.05) is 18.2 Å². The number of nitrogens with one attached hydrogen (secondary N) is 2. The average Bonchev–Trinajstić information content (AvgIpc) is 3.20. The Balaban J connectivity index is 1.72. The van der Waals surface area contributed by atoms with Crippen LogP contribution in [0.4, 0.5) is 9.93 Å². The lowest BCUT2D eigenvalue weighted by molar-refractivity contribution is -0.150. The minimum atomic E-state index is -1.31. The van der Waals surface area contributed by atoms with Crippen molar-refractivity contribution in [3.8, 4) is 0 Å². The third-order valence-electron chi connectivity index (χ3n) is 4.40. The smallest absolute Gasteiger partial charge is 0.407 e. The number of ether oxygens (including phenoxy) is 1. The fourth-order valence-electron chi connectivity index (χ4n) is 2.98. The first-order valence-electron chi connectivity index (χ1n) is 8.95. The van der Waals surface area contributed by atoms with Crippen LogP contribution >= 0.6 is 23.1 Å². The molecule has 0 unspecified atom stereocenters. The first kappa shape index (κ1) is 23.1.